The van der Waals surface area contributed by atoms with Gasteiger partial charge in [-0.1, -0.05) is 36.5 Å². The molecular weight excluding hydrogens is 311 g/mol. The fourth-order valence-electron chi connectivity index (χ4n) is 2.22. The second-order valence-electron chi connectivity index (χ2n) is 4.74. The molecule has 2 aromatic rings. The summed E-state index contributed by atoms with van der Waals surface area (Å²) in [5.41, 5.74) is 1.68. The van der Waals surface area contributed by atoms with E-state index in [2.05, 4.69) is 16.9 Å². The van der Waals surface area contributed by atoms with Crippen LogP contribution in [0, 0.1) is 0 Å². The first kappa shape index (κ1) is 14.4. The van der Waals surface area contributed by atoms with Gasteiger partial charge < -0.3 is 9.47 Å². The molecule has 0 saturated carbocycles. The van der Waals surface area contributed by atoms with Gasteiger partial charge in [-0.15, -0.1) is 0 Å². The van der Waals surface area contributed by atoms with Crippen LogP contribution in [0.5, 0.6) is 11.5 Å². The smallest absolute Gasteiger partial charge is 0.179 e. The Morgan fingerprint density at radius 3 is 2.71 bits per heavy atom. The molecule has 0 fully saturated rings. The number of ether oxygens (including phenoxy) is 2. The molecule has 21 heavy (non-hydrogen) atoms. The molecule has 6 heteroatoms. The van der Waals surface area contributed by atoms with Gasteiger partial charge >= 0.3 is 0 Å². The zero-order valence-corrected chi connectivity index (χ0v) is 13.0. The highest BCUT2D eigenvalue weighted by molar-refractivity contribution is 6.32. The molecule has 0 bridgehead atoms. The number of aromatic nitrogens is 2. The zero-order valence-electron chi connectivity index (χ0n) is 11.5. The summed E-state index contributed by atoms with van der Waals surface area (Å²) in [6.45, 7) is 3.10. The van der Waals surface area contributed by atoms with E-state index in [1.807, 2.05) is 6.07 Å². The van der Waals surface area contributed by atoms with Gasteiger partial charge in [0.2, 0.25) is 0 Å². The zero-order chi connectivity index (χ0) is 14.8. The number of hydrogen-bond acceptors (Lipinski definition) is 4. The lowest BCUT2D eigenvalue weighted by Crippen LogP contribution is -2.15. The number of aryl methyl sites for hydroxylation is 1. The first-order valence-corrected chi connectivity index (χ1v) is 7.56. The molecule has 0 N–H and O–H groups in total. The van der Waals surface area contributed by atoms with E-state index in [-0.39, 0.29) is 0 Å². The Balaban J connectivity index is 2.06. The van der Waals surface area contributed by atoms with E-state index in [0.29, 0.717) is 40.7 Å². The Morgan fingerprint density at radius 1 is 1.10 bits per heavy atom. The Kier molecular flexibility index (Phi) is 4.17. The molecule has 1 aromatic carbocycles. The van der Waals surface area contributed by atoms with Crippen LogP contribution in [-0.4, -0.2) is 23.2 Å². The maximum Gasteiger partial charge on any atom is 0.179 e. The van der Waals surface area contributed by atoms with E-state index in [1.165, 1.54) is 0 Å². The molecule has 110 valence electrons. The van der Waals surface area contributed by atoms with Crippen LogP contribution in [0.25, 0.3) is 11.4 Å². The molecule has 1 aromatic heterocycles. The summed E-state index contributed by atoms with van der Waals surface area (Å²) in [4.78, 5) is 8.81. The molecular formula is C15H14Cl2N2O2. The monoisotopic (exact) mass is 324 g/mol. The molecule has 1 aliphatic heterocycles. The fourth-order valence-corrected chi connectivity index (χ4v) is 2.69. The van der Waals surface area contributed by atoms with Crippen LogP contribution in [0.1, 0.15) is 19.0 Å². The summed E-state index contributed by atoms with van der Waals surface area (Å²) in [6, 6.07) is 5.40. The van der Waals surface area contributed by atoms with E-state index >= 15 is 0 Å². The molecule has 0 spiro atoms. The fraction of sp³-hybridized carbons (Fsp3) is 0.333. The van der Waals surface area contributed by atoms with Gasteiger partial charge in [0.25, 0.3) is 0 Å². The quantitative estimate of drug-likeness (QED) is 0.794. The van der Waals surface area contributed by atoms with E-state index in [4.69, 9.17) is 32.7 Å². The summed E-state index contributed by atoms with van der Waals surface area (Å²) in [6.07, 6.45) is 1.85. The summed E-state index contributed by atoms with van der Waals surface area (Å²) < 4.78 is 11.1. The minimum absolute atomic E-state index is 0.425. The second-order valence-corrected chi connectivity index (χ2v) is 5.53. The van der Waals surface area contributed by atoms with Gasteiger partial charge in [-0.25, -0.2) is 9.97 Å². The van der Waals surface area contributed by atoms with Gasteiger partial charge in [0.05, 0.1) is 5.02 Å². The molecule has 0 amide bonds. The number of halogens is 2. The van der Waals surface area contributed by atoms with Gasteiger partial charge in [-0.05, 0) is 24.6 Å². The van der Waals surface area contributed by atoms with E-state index in [9.17, 15) is 0 Å². The molecule has 3 rings (SSSR count). The number of benzene rings is 1. The van der Waals surface area contributed by atoms with Crippen molar-refractivity contribution in [1.82, 2.24) is 9.97 Å². The molecule has 0 radical (unpaired) electrons. The highest BCUT2D eigenvalue weighted by atomic mass is 35.5. The van der Waals surface area contributed by atoms with Crippen LogP contribution >= 0.6 is 23.2 Å². The van der Waals surface area contributed by atoms with Crippen molar-refractivity contribution in [3.63, 3.8) is 0 Å². The van der Waals surface area contributed by atoms with E-state index in [1.54, 1.807) is 12.1 Å². The lowest BCUT2D eigenvalue weighted by atomic mass is 10.1. The number of rotatable bonds is 3. The summed E-state index contributed by atoms with van der Waals surface area (Å²) in [7, 11) is 0. The van der Waals surface area contributed by atoms with Crippen molar-refractivity contribution < 1.29 is 9.47 Å². The van der Waals surface area contributed by atoms with Crippen molar-refractivity contribution in [2.24, 2.45) is 0 Å². The molecule has 0 aliphatic carbocycles. The van der Waals surface area contributed by atoms with Crippen LogP contribution in [0.15, 0.2) is 18.2 Å². The SMILES string of the molecule is CCCc1cc(Cl)nc(-c2cc(Cl)c3c(c2)OCCO3)n1. The Hall–Kier alpha value is -1.52. The summed E-state index contributed by atoms with van der Waals surface area (Å²) >= 11 is 12.3. The first-order chi connectivity index (χ1) is 10.2. The van der Waals surface area contributed by atoms with Crippen LogP contribution in [0.4, 0.5) is 0 Å². The average molecular weight is 325 g/mol. The predicted octanol–water partition coefficient (Wildman–Crippen LogP) is 4.17. The van der Waals surface area contributed by atoms with Crippen LogP contribution in [-0.2, 0) is 6.42 Å². The Bertz CT molecular complexity index is 677. The highest BCUT2D eigenvalue weighted by Gasteiger charge is 2.18. The second kappa shape index (κ2) is 6.08. The highest BCUT2D eigenvalue weighted by Crippen LogP contribution is 2.40. The maximum atomic E-state index is 6.24. The Morgan fingerprint density at radius 2 is 1.90 bits per heavy atom. The topological polar surface area (TPSA) is 44.2 Å². The first-order valence-electron chi connectivity index (χ1n) is 6.80. The number of hydrogen-bond donors (Lipinski definition) is 0. The lowest BCUT2D eigenvalue weighted by molar-refractivity contribution is 0.172. The van der Waals surface area contributed by atoms with Crippen molar-refractivity contribution in [1.29, 1.82) is 0 Å². The largest absolute Gasteiger partial charge is 0.486 e. The van der Waals surface area contributed by atoms with Crippen LogP contribution < -0.4 is 9.47 Å². The van der Waals surface area contributed by atoms with Gasteiger partial charge in [0.1, 0.15) is 18.4 Å². The van der Waals surface area contributed by atoms with Gasteiger partial charge in [0, 0.05) is 11.3 Å². The van der Waals surface area contributed by atoms with Gasteiger partial charge in [-0.2, -0.15) is 0 Å². The third-order valence-corrected chi connectivity index (χ3v) is 3.58. The third-order valence-electron chi connectivity index (χ3n) is 3.11. The van der Waals surface area contributed by atoms with Crippen molar-refractivity contribution in [3.05, 3.63) is 34.1 Å². The minimum Gasteiger partial charge on any atom is -0.486 e. The molecule has 0 unspecified atom stereocenters. The van der Waals surface area contributed by atoms with Crippen molar-refractivity contribution in [3.8, 4) is 22.9 Å². The van der Waals surface area contributed by atoms with E-state index in [0.717, 1.165) is 24.1 Å². The third kappa shape index (κ3) is 3.06. The van der Waals surface area contributed by atoms with Crippen molar-refractivity contribution in [2.45, 2.75) is 19.8 Å². The van der Waals surface area contributed by atoms with E-state index < -0.39 is 0 Å². The van der Waals surface area contributed by atoms with Gasteiger partial charge in [0.15, 0.2) is 17.3 Å². The summed E-state index contributed by atoms with van der Waals surface area (Å²) in [5, 5.41) is 0.914. The normalized spacial score (nSPS) is 13.3. The van der Waals surface area contributed by atoms with Crippen LogP contribution in [0.3, 0.4) is 0 Å². The standard InChI is InChI=1S/C15H14Cl2N2O2/c1-2-3-10-8-13(17)19-15(18-10)9-6-11(16)14-12(7-9)20-4-5-21-14/h6-8H,2-5H2,1H3. The summed E-state index contributed by atoms with van der Waals surface area (Å²) in [5.74, 6) is 1.73. The molecule has 0 saturated heterocycles. The molecule has 2 heterocycles. The number of nitrogens with zero attached hydrogens (tertiary/aromatic N) is 2. The van der Waals surface area contributed by atoms with Crippen LogP contribution in [0.2, 0.25) is 10.2 Å². The Labute approximate surface area is 133 Å². The van der Waals surface area contributed by atoms with Crippen molar-refractivity contribution in [2.75, 3.05) is 13.2 Å². The molecule has 4 nitrogen and oxygen atoms in total. The minimum atomic E-state index is 0.425. The lowest BCUT2D eigenvalue weighted by Gasteiger charge is -2.20. The predicted molar refractivity (Wildman–Crippen MR) is 82.5 cm³/mol. The molecule has 1 aliphatic rings. The van der Waals surface area contributed by atoms with Gasteiger partial charge in [-0.3, -0.25) is 0 Å². The average Bonchev–Trinajstić information content (AvgIpc) is 2.47. The molecule has 0 atom stereocenters. The number of fused-ring (bicyclic) bond motifs is 1. The maximum absolute atomic E-state index is 6.24. The van der Waals surface area contributed by atoms with Crippen molar-refractivity contribution >= 4 is 23.2 Å².